The molecule has 0 radical (unpaired) electrons. The predicted octanol–water partition coefficient (Wildman–Crippen LogP) is 0.224. The number of rotatable bonds is 31. The van der Waals surface area contributed by atoms with Gasteiger partial charge in [0.1, 0.15) is 77.7 Å². The fourth-order valence-electron chi connectivity index (χ4n) is 19.2. The molecule has 11 rings (SSSR count). The zero-order chi connectivity index (χ0) is 80.3. The van der Waals surface area contributed by atoms with E-state index >= 15 is 14.4 Å². The molecule has 2 aliphatic carbocycles. The minimum absolute atomic E-state index is 0.0156. The molecule has 35 heteroatoms. The third kappa shape index (κ3) is 17.4. The number of carbonyl (C=O) groups excluding carboxylic acids is 11. The number of aromatic nitrogens is 4. The van der Waals surface area contributed by atoms with Crippen LogP contribution in [0.3, 0.4) is 0 Å². The number of aromatic amines is 2. The Balaban J connectivity index is 0.785. The number of fused-ring (bicyclic) bond motifs is 5. The Hall–Kier alpha value is -9.09. The molecule has 6 aliphatic heterocycles. The molecule has 2 aromatic heterocycles. The topological polar surface area (TPSA) is 498 Å². The van der Waals surface area contributed by atoms with Gasteiger partial charge in [-0.1, -0.05) is 41.5 Å². The SMILES string of the molecule is CC(C)CC(NC(=O)C1CCCN1C(=O)C(CCC(N)=O)NC(=O)C(Cc1cnc[nH]1)NC(=O)C1CCCN1C(=O)C(CCC(N)=O)NC(=O)C(Cc1cnc[nH]1)NC(=O)C(CCS(C)=O)N1Cc2c(cc(O)c3c2OC2(C3)C(C)CCC3C(C)(C)C(O)CCC32C)C1O)C(=O)N1CCCC1C(=O)N1CCCC1C(=O)O. The quantitative estimate of drug-likeness (QED) is 0.0410. The number of nitrogens with one attached hydrogen (secondary N) is 7. The first-order valence-electron chi connectivity index (χ1n) is 39.1. The number of hydrogen-bond acceptors (Lipinski definition) is 20. The van der Waals surface area contributed by atoms with Crippen LogP contribution < -0.4 is 42.8 Å². The van der Waals surface area contributed by atoms with Gasteiger partial charge in [0.15, 0.2) is 0 Å². The number of aliphatic hydroxyl groups excluding tert-OH is 2. The van der Waals surface area contributed by atoms with Crippen LogP contribution in [0, 0.1) is 28.6 Å². The van der Waals surface area contributed by atoms with Gasteiger partial charge in [0.05, 0.1) is 24.8 Å². The summed E-state index contributed by atoms with van der Waals surface area (Å²) < 4.78 is 20.3. The van der Waals surface area contributed by atoms with E-state index in [4.69, 9.17) is 16.2 Å². The Morgan fingerprint density at radius 3 is 1.65 bits per heavy atom. The Bertz CT molecular complexity index is 4030. The van der Waals surface area contributed by atoms with Crippen molar-refractivity contribution >= 4 is 81.7 Å². The van der Waals surface area contributed by atoms with Crippen LogP contribution in [0.15, 0.2) is 31.1 Å². The van der Waals surface area contributed by atoms with Crippen LogP contribution in [0.4, 0.5) is 0 Å². The molecule has 8 heterocycles. The van der Waals surface area contributed by atoms with Crippen LogP contribution in [0.1, 0.15) is 191 Å². The second kappa shape index (κ2) is 34.5. The molecule has 1 spiro atoms. The van der Waals surface area contributed by atoms with Crippen LogP contribution in [0.25, 0.3) is 0 Å². The summed E-state index contributed by atoms with van der Waals surface area (Å²) in [5.74, 6) is -9.27. The number of H-pyrrole nitrogens is 2. The Labute approximate surface area is 647 Å². The van der Waals surface area contributed by atoms with E-state index in [2.05, 4.69) is 74.2 Å². The zero-order valence-electron chi connectivity index (χ0n) is 64.3. The number of amides is 11. The Morgan fingerprint density at radius 1 is 0.640 bits per heavy atom. The number of nitrogens with zero attached hydrogens (tertiary/aromatic N) is 7. The summed E-state index contributed by atoms with van der Waals surface area (Å²) >= 11 is 0. The molecule has 17 unspecified atom stereocenters. The molecule has 15 N–H and O–H groups in total. The molecule has 2 saturated carbocycles. The molecule has 0 bridgehead atoms. The Kier molecular flexibility index (Phi) is 25.7. The summed E-state index contributed by atoms with van der Waals surface area (Å²) in [7, 11) is -1.46. The number of phenolic OH excluding ortho intramolecular Hbond substituents is 1. The molecule has 34 nitrogen and oxygen atoms in total. The maximum atomic E-state index is 15.2. The number of carboxylic acids is 1. The molecular weight excluding hydrogens is 1460 g/mol. The number of benzene rings is 1. The van der Waals surface area contributed by atoms with Gasteiger partial charge in [-0.05, 0) is 132 Å². The number of imidazole rings is 2. The summed E-state index contributed by atoms with van der Waals surface area (Å²) in [4.78, 5) is 191. The minimum Gasteiger partial charge on any atom is -0.508 e. The second-order valence-corrected chi connectivity index (χ2v) is 34.6. The van der Waals surface area contributed by atoms with E-state index < -0.39 is 184 Å². The average molecular weight is 1570 g/mol. The molecule has 17 atom stereocenters. The lowest BCUT2D eigenvalue weighted by molar-refractivity contribution is -0.210. The number of phenols is 1. The third-order valence-electron chi connectivity index (χ3n) is 25.1. The minimum atomic E-state index is -1.57. The van der Waals surface area contributed by atoms with Crippen LogP contribution in [0.2, 0.25) is 0 Å². The summed E-state index contributed by atoms with van der Waals surface area (Å²) in [5.41, 5.74) is 11.8. The largest absolute Gasteiger partial charge is 0.508 e. The normalized spacial score (nSPS) is 27.2. The molecule has 1 aromatic carbocycles. The van der Waals surface area contributed by atoms with Crippen molar-refractivity contribution in [1.29, 1.82) is 0 Å². The van der Waals surface area contributed by atoms with Gasteiger partial charge < -0.3 is 92.8 Å². The van der Waals surface area contributed by atoms with Gasteiger partial charge in [0, 0.05) is 134 Å². The second-order valence-electron chi connectivity index (χ2n) is 33.0. The van der Waals surface area contributed by atoms with Crippen LogP contribution in [-0.4, -0.2) is 250 Å². The summed E-state index contributed by atoms with van der Waals surface area (Å²) in [5, 5.41) is 59.3. The van der Waals surface area contributed by atoms with E-state index in [1.165, 1.54) is 61.9 Å². The summed E-state index contributed by atoms with van der Waals surface area (Å²) in [6.07, 6.45) is 8.59. The number of hydrogen-bond donors (Lipinski definition) is 13. The highest BCUT2D eigenvalue weighted by Crippen LogP contribution is 2.67. The number of ether oxygens (including phenoxy) is 1. The highest BCUT2D eigenvalue weighted by Gasteiger charge is 2.67. The first-order chi connectivity index (χ1) is 52.6. The number of carboxylic acid groups (broad SMARTS) is 1. The summed E-state index contributed by atoms with van der Waals surface area (Å²) in [6, 6.07) is -11.5. The fourth-order valence-corrected chi connectivity index (χ4v) is 19.7. The number of likely N-dealkylation sites (tertiary alicyclic amines) is 4. The van der Waals surface area contributed by atoms with Gasteiger partial charge in [-0.3, -0.25) is 61.8 Å². The van der Waals surface area contributed by atoms with Crippen LogP contribution in [-0.2, 0) is 94.1 Å². The molecular formula is C76H110N16O18S. The van der Waals surface area contributed by atoms with E-state index in [9.17, 15) is 67.8 Å². The van der Waals surface area contributed by atoms with Crippen molar-refractivity contribution in [1.82, 2.24) is 71.0 Å². The van der Waals surface area contributed by atoms with Crippen molar-refractivity contribution in [2.45, 2.75) is 261 Å². The first-order valence-corrected chi connectivity index (χ1v) is 40.8. The number of primary amides is 2. The maximum Gasteiger partial charge on any atom is 0.326 e. The lowest BCUT2D eigenvalue weighted by atomic mass is 9.43. The smallest absolute Gasteiger partial charge is 0.326 e. The highest BCUT2D eigenvalue weighted by molar-refractivity contribution is 7.84. The molecule has 4 saturated heterocycles. The Morgan fingerprint density at radius 2 is 1.14 bits per heavy atom. The lowest BCUT2D eigenvalue weighted by Gasteiger charge is -2.64. The standard InChI is InChI=1S/C76H110N16O18S/c1-40(2)30-51(71(105)90-27-10-14-55(90)72(106)91-28-11-15-56(91)73(107)108)87-66(100)53-13-9-26-89(53)70(104)48(18-21-61(78)96)83-63(97)49(31-42-35-79-38-81-42)85-65(99)52-12-8-25-88(52)69(103)47(17-20-60(77)95)84-64(98)50(32-43-36-80-39-82-43)86-67(101)54(23-29-111(7)109)92-37-46-44(68(92)102)33-57(93)45-34-76(110-62(45)46)41(3)16-19-58-74(4,5)59(94)22-24-75(58,76)6/h33,35-36,38-41,47-56,58-59,68,93-94,102H,8-32,34,37H2,1-7H3,(H2,77,95)(H2,78,96)(H,79,81)(H,80,82)(H,83,97)(H,84,98)(H,85,99)(H,86,101)(H,87,100)(H,107,108). The zero-order valence-corrected chi connectivity index (χ0v) is 65.2. The molecule has 8 aliphatic rings. The predicted molar refractivity (Wildman–Crippen MR) is 399 cm³/mol. The van der Waals surface area contributed by atoms with Crippen LogP contribution in [0.5, 0.6) is 11.5 Å². The van der Waals surface area contributed by atoms with E-state index in [1.54, 1.807) is 0 Å². The highest BCUT2D eigenvalue weighted by atomic mass is 32.2. The molecule has 6 fully saturated rings. The van der Waals surface area contributed by atoms with E-state index in [-0.39, 0.29) is 126 Å². The first kappa shape index (κ1) is 82.9. The monoisotopic (exact) mass is 1570 g/mol. The lowest BCUT2D eigenvalue weighted by Crippen LogP contribution is -2.66. The molecule has 608 valence electrons. The summed E-state index contributed by atoms with van der Waals surface area (Å²) in [6.45, 7) is 12.6. The van der Waals surface area contributed by atoms with Gasteiger partial charge in [0.2, 0.25) is 65.0 Å². The number of nitrogens with two attached hydrogens (primary N) is 2. The number of aliphatic carboxylic acids is 1. The number of aromatic hydroxyl groups is 1. The van der Waals surface area contributed by atoms with Gasteiger partial charge in [-0.2, -0.15) is 0 Å². The van der Waals surface area contributed by atoms with Crippen molar-refractivity contribution in [2.75, 3.05) is 38.2 Å². The molecule has 111 heavy (non-hydrogen) atoms. The van der Waals surface area contributed by atoms with Gasteiger partial charge >= 0.3 is 5.97 Å². The maximum absolute atomic E-state index is 15.2. The fraction of sp³-hybridized carbons (Fsp3) is 0.684. The molecule has 3 aromatic rings. The van der Waals surface area contributed by atoms with Crippen molar-refractivity contribution in [3.63, 3.8) is 0 Å². The average Bonchev–Trinajstić information content (AvgIpc) is 1.60. The van der Waals surface area contributed by atoms with Gasteiger partial charge in [0.25, 0.3) is 0 Å². The molecule has 11 amide bonds. The third-order valence-corrected chi connectivity index (χ3v) is 25.9. The van der Waals surface area contributed by atoms with Gasteiger partial charge in [-0.25, -0.2) is 14.8 Å². The van der Waals surface area contributed by atoms with E-state index in [0.29, 0.717) is 78.8 Å². The van der Waals surface area contributed by atoms with Crippen molar-refractivity contribution in [3.05, 3.63) is 59.2 Å². The number of aliphatic hydroxyl groups is 2. The van der Waals surface area contributed by atoms with Gasteiger partial charge in [-0.15, -0.1) is 0 Å². The van der Waals surface area contributed by atoms with Crippen LogP contribution >= 0.6 is 0 Å². The number of carbonyl (C=O) groups is 12. The van der Waals surface area contributed by atoms with E-state index in [1.807, 2.05) is 13.8 Å². The van der Waals surface area contributed by atoms with E-state index in [0.717, 1.165) is 12.8 Å². The van der Waals surface area contributed by atoms with Crippen molar-refractivity contribution in [2.24, 2.45) is 40.1 Å². The van der Waals surface area contributed by atoms with Crippen molar-refractivity contribution < 1.29 is 86.9 Å². The van der Waals surface area contributed by atoms with Crippen molar-refractivity contribution in [3.8, 4) is 11.5 Å².